The predicted molar refractivity (Wildman–Crippen MR) is 181 cm³/mol. The minimum Gasteiger partial charge on any atom is -0.444 e. The minimum absolute atomic E-state index is 0.0401. The molecule has 1 saturated heterocycles. The van der Waals surface area contributed by atoms with Crippen LogP contribution in [0.15, 0.2) is 60.9 Å². The summed E-state index contributed by atoms with van der Waals surface area (Å²) in [5.41, 5.74) is 0.943. The van der Waals surface area contributed by atoms with Crippen LogP contribution in [0.5, 0.6) is 0 Å². The quantitative estimate of drug-likeness (QED) is 0.140. The van der Waals surface area contributed by atoms with Gasteiger partial charge in [-0.15, -0.1) is 0 Å². The number of para-hydroxylation sites is 1. The molecule has 1 N–H and O–H groups in total. The largest absolute Gasteiger partial charge is 0.444 e. The number of hydrogen-bond acceptors (Lipinski definition) is 7. The zero-order chi connectivity index (χ0) is 35.2. The number of ether oxygens (including phenoxy) is 1. The summed E-state index contributed by atoms with van der Waals surface area (Å²) in [7, 11) is 0. The fourth-order valence-corrected chi connectivity index (χ4v) is 6.23. The maximum atomic E-state index is 16.0. The molecule has 17 heteroatoms. The Morgan fingerprint density at radius 2 is 1.80 bits per heavy atom. The molecule has 2 aromatic heterocycles. The molecular formula is C32H24Cl4F2N6O5. The maximum Gasteiger partial charge on any atom is 0.419 e. The van der Waals surface area contributed by atoms with Crippen LogP contribution < -0.4 is 5.32 Å². The summed E-state index contributed by atoms with van der Waals surface area (Å²) in [5.74, 6) is -2.59. The Labute approximate surface area is 296 Å². The van der Waals surface area contributed by atoms with Crippen LogP contribution in [0.1, 0.15) is 23.8 Å². The zero-order valence-corrected chi connectivity index (χ0v) is 28.3. The van der Waals surface area contributed by atoms with Crippen LogP contribution in [0, 0.1) is 5.82 Å². The second-order valence-electron chi connectivity index (χ2n) is 11.2. The third kappa shape index (κ3) is 6.93. The second-order valence-corrected chi connectivity index (χ2v) is 14.1. The Kier molecular flexibility index (Phi) is 9.55. The molecule has 3 heterocycles. The van der Waals surface area contributed by atoms with Gasteiger partial charge in [-0.25, -0.2) is 23.1 Å². The van der Waals surface area contributed by atoms with E-state index in [0.29, 0.717) is 10.9 Å². The van der Waals surface area contributed by atoms with Crippen molar-refractivity contribution in [3.63, 3.8) is 0 Å². The van der Waals surface area contributed by atoms with Crippen molar-refractivity contribution in [3.8, 4) is 11.1 Å². The van der Waals surface area contributed by atoms with E-state index in [1.54, 1.807) is 24.3 Å². The summed E-state index contributed by atoms with van der Waals surface area (Å²) in [6, 6.07) is 12.8. The molecule has 49 heavy (non-hydrogen) atoms. The van der Waals surface area contributed by atoms with Crippen LogP contribution in [-0.4, -0.2) is 77.1 Å². The van der Waals surface area contributed by atoms with E-state index in [0.717, 1.165) is 15.8 Å². The summed E-state index contributed by atoms with van der Waals surface area (Å²) >= 11 is 23.7. The van der Waals surface area contributed by atoms with Gasteiger partial charge in [0.2, 0.25) is 15.6 Å². The first-order chi connectivity index (χ1) is 23.2. The Bertz CT molecular complexity index is 2150. The first kappa shape index (κ1) is 34.6. The van der Waals surface area contributed by atoms with Gasteiger partial charge in [0, 0.05) is 29.9 Å². The number of Topliss-reactive ketones (excluding diaryl/α,β-unsaturated/α-hetero) is 1. The van der Waals surface area contributed by atoms with Crippen molar-refractivity contribution in [2.45, 2.75) is 35.9 Å². The third-order valence-corrected chi connectivity index (χ3v) is 8.61. The van der Waals surface area contributed by atoms with Crippen molar-refractivity contribution >= 4 is 97.7 Å². The summed E-state index contributed by atoms with van der Waals surface area (Å²) in [5, 5.41) is 7.26. The van der Waals surface area contributed by atoms with E-state index in [4.69, 9.17) is 51.1 Å². The van der Waals surface area contributed by atoms with Crippen LogP contribution in [0.4, 0.5) is 19.3 Å². The minimum atomic E-state index is -1.86. The SMILES string of the molecule is CC(=O)c1nn(CC(=O)N2C[C@H](F)C[C@H]2C(=O)Nc2cccc(-c3ccc4ncn(C(=O)OCC(Cl)(Cl)Cl)c4c3Cl)c2F)c2ccccc12. The lowest BCUT2D eigenvalue weighted by Gasteiger charge is -2.24. The van der Waals surface area contributed by atoms with E-state index >= 15 is 4.39 Å². The van der Waals surface area contributed by atoms with Crippen LogP contribution in [-0.2, 0) is 20.9 Å². The van der Waals surface area contributed by atoms with Gasteiger partial charge in [0.1, 0.15) is 37.4 Å². The summed E-state index contributed by atoms with van der Waals surface area (Å²) in [6.07, 6.45) is -1.61. The predicted octanol–water partition coefficient (Wildman–Crippen LogP) is 6.98. The Morgan fingerprint density at radius 3 is 2.53 bits per heavy atom. The van der Waals surface area contributed by atoms with E-state index in [1.165, 1.54) is 41.9 Å². The molecule has 0 unspecified atom stereocenters. The smallest absolute Gasteiger partial charge is 0.419 e. The normalized spacial score (nSPS) is 16.3. The van der Waals surface area contributed by atoms with Crippen molar-refractivity contribution in [3.05, 3.63) is 77.5 Å². The molecule has 1 fully saturated rings. The molecule has 2 amide bonds. The van der Waals surface area contributed by atoms with Crippen LogP contribution in [0.25, 0.3) is 33.1 Å². The lowest BCUT2D eigenvalue weighted by atomic mass is 10.0. The maximum absolute atomic E-state index is 16.0. The van der Waals surface area contributed by atoms with Gasteiger partial charge in [-0.05, 0) is 18.2 Å². The van der Waals surface area contributed by atoms with Crippen LogP contribution in [0.3, 0.4) is 0 Å². The number of hydrogen-bond donors (Lipinski definition) is 1. The molecule has 5 aromatic rings. The average molecular weight is 752 g/mol. The van der Waals surface area contributed by atoms with Gasteiger partial charge in [-0.3, -0.25) is 19.1 Å². The van der Waals surface area contributed by atoms with Crippen LogP contribution >= 0.6 is 46.4 Å². The number of halogens is 6. The number of rotatable bonds is 7. The molecule has 0 bridgehead atoms. The number of carbonyl (C=O) groups is 4. The number of nitrogens with one attached hydrogen (secondary N) is 1. The molecule has 3 aromatic carbocycles. The Morgan fingerprint density at radius 1 is 1.04 bits per heavy atom. The molecule has 0 radical (unpaired) electrons. The number of alkyl halides is 4. The van der Waals surface area contributed by atoms with E-state index < -0.39 is 46.3 Å². The number of benzene rings is 3. The van der Waals surface area contributed by atoms with E-state index in [2.05, 4.69) is 15.4 Å². The summed E-state index contributed by atoms with van der Waals surface area (Å²) in [6.45, 7) is 0.0886. The molecular weight excluding hydrogens is 728 g/mol. The van der Waals surface area contributed by atoms with Crippen molar-refractivity contribution in [2.24, 2.45) is 0 Å². The highest BCUT2D eigenvalue weighted by Crippen LogP contribution is 2.38. The first-order valence-corrected chi connectivity index (χ1v) is 16.1. The fourth-order valence-electron chi connectivity index (χ4n) is 5.71. The average Bonchev–Trinajstić information content (AvgIpc) is 3.77. The molecule has 2 atom stereocenters. The highest BCUT2D eigenvalue weighted by molar-refractivity contribution is 6.67. The summed E-state index contributed by atoms with van der Waals surface area (Å²) in [4.78, 5) is 56.9. The fraction of sp³-hybridized carbons (Fsp3) is 0.250. The van der Waals surface area contributed by atoms with E-state index in [-0.39, 0.29) is 63.9 Å². The monoisotopic (exact) mass is 750 g/mol. The highest BCUT2D eigenvalue weighted by atomic mass is 35.6. The van der Waals surface area contributed by atoms with Crippen molar-refractivity contribution in [1.82, 2.24) is 24.2 Å². The summed E-state index contributed by atoms with van der Waals surface area (Å²) < 4.78 is 36.2. The van der Waals surface area contributed by atoms with Gasteiger partial charge in [-0.1, -0.05) is 82.8 Å². The van der Waals surface area contributed by atoms with Gasteiger partial charge < -0.3 is 15.0 Å². The number of likely N-dealkylation sites (tertiary alicyclic amines) is 1. The van der Waals surface area contributed by atoms with Crippen molar-refractivity contribution in [1.29, 1.82) is 0 Å². The van der Waals surface area contributed by atoms with Gasteiger partial charge in [0.25, 0.3) is 0 Å². The lowest BCUT2D eigenvalue weighted by Crippen LogP contribution is -2.44. The Hall–Kier alpha value is -4.30. The van der Waals surface area contributed by atoms with Gasteiger partial charge >= 0.3 is 6.09 Å². The number of carbonyl (C=O) groups excluding carboxylic acids is 4. The number of nitrogens with zero attached hydrogens (tertiary/aromatic N) is 5. The molecule has 1 aliphatic heterocycles. The standard InChI is InChI=1S/C32H24Cl4F2N6O5/c1-16(45)28-20-5-2-3-8-23(20)44(41-28)13-25(46)42-12-17(37)11-24(42)30(47)40-21-7-4-6-19(27(21)38)18-9-10-22-29(26(18)33)43(15-39-22)31(48)49-14-32(34,35)36/h2-10,15,17,24H,11-14H2,1H3,(H,40,47)/t17-,24+/m1/s1. The first-order valence-electron chi connectivity index (χ1n) is 14.6. The molecule has 1 aliphatic rings. The molecule has 0 aliphatic carbocycles. The molecule has 254 valence electrons. The highest BCUT2D eigenvalue weighted by Gasteiger charge is 2.40. The molecule has 6 rings (SSSR count). The number of imidazole rings is 1. The number of ketones is 1. The second kappa shape index (κ2) is 13.5. The topological polar surface area (TPSA) is 128 Å². The number of aromatic nitrogens is 4. The van der Waals surface area contributed by atoms with Crippen molar-refractivity contribution < 1.29 is 32.7 Å². The van der Waals surface area contributed by atoms with Gasteiger partial charge in [-0.2, -0.15) is 5.10 Å². The number of anilines is 1. The third-order valence-electron chi connectivity index (χ3n) is 7.90. The number of amides is 2. The van der Waals surface area contributed by atoms with Crippen molar-refractivity contribution in [2.75, 3.05) is 18.5 Å². The molecule has 0 spiro atoms. The molecule has 11 nitrogen and oxygen atoms in total. The Balaban J connectivity index is 1.24. The van der Waals surface area contributed by atoms with Crippen LogP contribution in [0.2, 0.25) is 5.02 Å². The van der Waals surface area contributed by atoms with E-state index in [9.17, 15) is 23.6 Å². The van der Waals surface area contributed by atoms with Gasteiger partial charge in [0.05, 0.1) is 33.8 Å². The molecule has 0 saturated carbocycles. The lowest BCUT2D eigenvalue weighted by molar-refractivity contribution is -0.137. The zero-order valence-electron chi connectivity index (χ0n) is 25.3. The number of fused-ring (bicyclic) bond motifs is 2. The van der Waals surface area contributed by atoms with Gasteiger partial charge in [0.15, 0.2) is 11.6 Å². The van der Waals surface area contributed by atoms with E-state index in [1.807, 2.05) is 0 Å².